The molecule has 1 saturated heterocycles. The fraction of sp³-hybridized carbons (Fsp3) is 0.333. The van der Waals surface area contributed by atoms with E-state index in [-0.39, 0.29) is 34.4 Å². The average molecular weight is 518 g/mol. The van der Waals surface area contributed by atoms with Crippen molar-refractivity contribution in [1.82, 2.24) is 4.90 Å². The number of hydrogen-bond donors (Lipinski definition) is 2. The van der Waals surface area contributed by atoms with Crippen LogP contribution in [0.2, 0.25) is 0 Å². The van der Waals surface area contributed by atoms with E-state index in [1.165, 1.54) is 24.2 Å². The largest absolute Gasteiger partial charge is 0.508 e. The van der Waals surface area contributed by atoms with E-state index in [1.807, 2.05) is 36.4 Å². The van der Waals surface area contributed by atoms with E-state index in [1.54, 1.807) is 18.2 Å². The van der Waals surface area contributed by atoms with Crippen LogP contribution in [0.4, 0.5) is 4.39 Å². The van der Waals surface area contributed by atoms with Gasteiger partial charge in [-0.15, -0.1) is 24.2 Å². The van der Waals surface area contributed by atoms with Crippen LogP contribution in [0.3, 0.4) is 0 Å². The molecule has 2 aliphatic rings. The van der Waals surface area contributed by atoms with Gasteiger partial charge in [-0.05, 0) is 66.4 Å². The molecule has 0 spiro atoms. The normalized spacial score (nSPS) is 21.6. The van der Waals surface area contributed by atoms with Gasteiger partial charge in [0.15, 0.2) is 11.6 Å². The van der Waals surface area contributed by atoms with Crippen LogP contribution in [0.5, 0.6) is 23.0 Å². The third kappa shape index (κ3) is 5.63. The minimum absolute atomic E-state index is 0. The third-order valence-electron chi connectivity index (χ3n) is 6.43. The van der Waals surface area contributed by atoms with Gasteiger partial charge in [0.2, 0.25) is 0 Å². The van der Waals surface area contributed by atoms with Gasteiger partial charge in [0.05, 0.1) is 10.1 Å². The summed E-state index contributed by atoms with van der Waals surface area (Å²) < 4.78 is 26.9. The first-order valence-corrected chi connectivity index (χ1v) is 12.4. The van der Waals surface area contributed by atoms with E-state index in [4.69, 9.17) is 9.47 Å². The van der Waals surface area contributed by atoms with Crippen molar-refractivity contribution in [2.24, 2.45) is 5.92 Å². The average Bonchev–Trinajstić information content (AvgIpc) is 3.27. The topological polar surface area (TPSA) is 62.2 Å². The molecule has 3 aromatic carbocycles. The van der Waals surface area contributed by atoms with Gasteiger partial charge in [0, 0.05) is 13.1 Å². The minimum Gasteiger partial charge on any atom is -0.508 e. The fourth-order valence-corrected chi connectivity index (χ4v) is 5.87. The molecule has 3 aromatic rings. The molecule has 8 heteroatoms. The molecule has 0 radical (unpaired) electrons. The monoisotopic (exact) mass is 517 g/mol. The summed E-state index contributed by atoms with van der Waals surface area (Å²) in [5.74, 6) is 1.05. The molecule has 0 aliphatic carbocycles. The first kappa shape index (κ1) is 25.5. The summed E-state index contributed by atoms with van der Waals surface area (Å²) in [6.45, 7) is 6.13. The maximum atomic E-state index is 14.7. The number of ether oxygens (including phenoxy) is 2. The Morgan fingerprint density at radius 1 is 1.03 bits per heavy atom. The lowest BCUT2D eigenvalue weighted by Crippen LogP contribution is -2.25. The van der Waals surface area contributed by atoms with Gasteiger partial charge in [0.25, 0.3) is 0 Å². The second-order valence-electron chi connectivity index (χ2n) is 9.01. The van der Waals surface area contributed by atoms with E-state index in [9.17, 15) is 14.6 Å². The van der Waals surface area contributed by atoms with Gasteiger partial charge in [-0.1, -0.05) is 31.2 Å². The van der Waals surface area contributed by atoms with Crippen molar-refractivity contribution >= 4 is 24.2 Å². The van der Waals surface area contributed by atoms with E-state index in [2.05, 4.69) is 11.8 Å². The number of benzene rings is 3. The summed E-state index contributed by atoms with van der Waals surface area (Å²) in [5.41, 5.74) is 1.83. The van der Waals surface area contributed by atoms with Crippen LogP contribution in [0.1, 0.15) is 35.8 Å². The Morgan fingerprint density at radius 3 is 2.43 bits per heavy atom. The number of halogens is 2. The van der Waals surface area contributed by atoms with Crippen LogP contribution < -0.4 is 9.47 Å². The lowest BCUT2D eigenvalue weighted by Gasteiger charge is -2.34. The molecule has 1 fully saturated rings. The second kappa shape index (κ2) is 11.0. The number of likely N-dealkylation sites (tertiary alicyclic amines) is 1. The highest BCUT2D eigenvalue weighted by Crippen LogP contribution is 2.55. The summed E-state index contributed by atoms with van der Waals surface area (Å²) in [4.78, 5) is 2.72. The Kier molecular flexibility index (Phi) is 7.99. The number of phenolic OH excluding ortho intramolecular Hbond substituents is 2. The minimum atomic E-state index is -0.680. The van der Waals surface area contributed by atoms with Crippen molar-refractivity contribution < 1.29 is 24.1 Å². The Balaban J connectivity index is 0.00000289. The SMILES string of the molecule is C[C@@H]1CCN(CCOc2ccc([C@@H]3Oc4ccc(O)c(F)c4S[C@@H]3c3ccc(O)cc3)cc2)C1.Cl. The first-order chi connectivity index (χ1) is 16.5. The van der Waals surface area contributed by atoms with Crippen LogP contribution in [-0.2, 0) is 0 Å². The van der Waals surface area contributed by atoms with Crippen LogP contribution in [0, 0.1) is 11.7 Å². The summed E-state index contributed by atoms with van der Waals surface area (Å²) in [7, 11) is 0. The van der Waals surface area contributed by atoms with Gasteiger partial charge in [-0.25, -0.2) is 4.39 Å². The second-order valence-corrected chi connectivity index (χ2v) is 10.2. The summed E-state index contributed by atoms with van der Waals surface area (Å²) >= 11 is 1.31. The number of nitrogens with zero attached hydrogens (tertiary/aromatic N) is 1. The van der Waals surface area contributed by atoms with E-state index in [0.29, 0.717) is 12.4 Å². The molecule has 35 heavy (non-hydrogen) atoms. The van der Waals surface area contributed by atoms with Crippen molar-refractivity contribution in [3.8, 4) is 23.0 Å². The Morgan fingerprint density at radius 2 is 1.74 bits per heavy atom. The highest BCUT2D eigenvalue weighted by molar-refractivity contribution is 7.99. The van der Waals surface area contributed by atoms with E-state index >= 15 is 0 Å². The quantitative estimate of drug-likeness (QED) is 0.397. The lowest BCUT2D eigenvalue weighted by atomic mass is 10.00. The molecule has 5 rings (SSSR count). The van der Waals surface area contributed by atoms with Crippen molar-refractivity contribution in [3.63, 3.8) is 0 Å². The van der Waals surface area contributed by atoms with E-state index < -0.39 is 11.6 Å². The smallest absolute Gasteiger partial charge is 0.182 e. The van der Waals surface area contributed by atoms with Gasteiger partial charge in [-0.3, -0.25) is 4.90 Å². The standard InChI is InChI=1S/C27H28FNO4S.ClH/c1-17-12-13-29(16-17)14-15-32-21-8-4-18(5-9-21)25-26(19-2-6-20(30)7-3-19)34-27-23(33-25)11-10-22(31)24(27)28;/h2-11,17,25-26,30-31H,12-16H2,1H3;1H/t17-,25+,26-;/m1./s1. The highest BCUT2D eigenvalue weighted by Gasteiger charge is 2.35. The maximum absolute atomic E-state index is 14.7. The molecule has 2 aliphatic heterocycles. The van der Waals surface area contributed by atoms with E-state index in [0.717, 1.165) is 42.4 Å². The fourth-order valence-electron chi connectivity index (χ4n) is 4.54. The van der Waals surface area contributed by atoms with Crippen LogP contribution in [0.25, 0.3) is 0 Å². The Labute approximate surface area is 215 Å². The van der Waals surface area contributed by atoms with Gasteiger partial charge >= 0.3 is 0 Å². The zero-order chi connectivity index (χ0) is 23.7. The number of aromatic hydroxyl groups is 2. The number of fused-ring (bicyclic) bond motifs is 1. The lowest BCUT2D eigenvalue weighted by molar-refractivity contribution is 0.187. The maximum Gasteiger partial charge on any atom is 0.182 e. The molecular formula is C27H29ClFNO4S. The predicted molar refractivity (Wildman–Crippen MR) is 138 cm³/mol. The molecule has 5 nitrogen and oxygen atoms in total. The van der Waals surface area contributed by atoms with Crippen LogP contribution in [0.15, 0.2) is 65.6 Å². The summed E-state index contributed by atoms with van der Waals surface area (Å²) in [6.07, 6.45) is 0.870. The van der Waals surface area contributed by atoms with Gasteiger partial charge < -0.3 is 19.7 Å². The van der Waals surface area contributed by atoms with Crippen molar-refractivity contribution in [3.05, 3.63) is 77.6 Å². The van der Waals surface area contributed by atoms with Crippen LogP contribution >= 0.6 is 24.2 Å². The molecule has 0 aromatic heterocycles. The van der Waals surface area contributed by atoms with Gasteiger partial charge in [-0.2, -0.15) is 0 Å². The molecule has 0 saturated carbocycles. The summed E-state index contributed by atoms with van der Waals surface area (Å²) in [5, 5.41) is 19.3. The predicted octanol–water partition coefficient (Wildman–Crippen LogP) is 6.35. The zero-order valence-corrected chi connectivity index (χ0v) is 21.0. The molecule has 0 amide bonds. The molecule has 0 unspecified atom stereocenters. The number of thioether (sulfide) groups is 1. The molecule has 2 N–H and O–H groups in total. The van der Waals surface area contributed by atoms with Crippen molar-refractivity contribution in [1.29, 1.82) is 0 Å². The molecule has 2 heterocycles. The summed E-state index contributed by atoms with van der Waals surface area (Å²) in [6, 6.07) is 17.6. The number of rotatable bonds is 6. The Hall–Kier alpha value is -2.61. The zero-order valence-electron chi connectivity index (χ0n) is 19.4. The molecule has 186 valence electrons. The molecule has 0 bridgehead atoms. The van der Waals surface area contributed by atoms with Gasteiger partial charge in [0.1, 0.15) is 30.0 Å². The molecule has 3 atom stereocenters. The van der Waals surface area contributed by atoms with Crippen molar-refractivity contribution in [2.75, 3.05) is 26.2 Å². The molecular weight excluding hydrogens is 489 g/mol. The van der Waals surface area contributed by atoms with Crippen molar-refractivity contribution in [2.45, 2.75) is 29.6 Å². The Bertz CT molecular complexity index is 1150. The number of phenols is 2. The van der Waals surface area contributed by atoms with Crippen LogP contribution in [-0.4, -0.2) is 41.4 Å². The third-order valence-corrected chi connectivity index (χ3v) is 7.82. The number of hydrogen-bond acceptors (Lipinski definition) is 6. The first-order valence-electron chi connectivity index (χ1n) is 11.6. The highest BCUT2D eigenvalue weighted by atomic mass is 35.5.